The van der Waals surface area contributed by atoms with Crippen LogP contribution in [0, 0.1) is 0 Å². The van der Waals surface area contributed by atoms with Crippen LogP contribution in [0.15, 0.2) is 23.6 Å². The second-order valence-corrected chi connectivity index (χ2v) is 8.22. The van der Waals surface area contributed by atoms with Crippen LogP contribution >= 0.6 is 11.3 Å². The number of nitrogens with one attached hydrogen (secondary N) is 1. The molecule has 6 heteroatoms. The fourth-order valence-corrected chi connectivity index (χ4v) is 3.45. The van der Waals surface area contributed by atoms with E-state index in [0.29, 0.717) is 11.9 Å². The molecule has 132 valence electrons. The molecule has 0 radical (unpaired) electrons. The molecule has 0 atom stereocenters. The highest BCUT2D eigenvalue weighted by Crippen LogP contribution is 2.32. The van der Waals surface area contributed by atoms with Gasteiger partial charge >= 0.3 is 0 Å². The van der Waals surface area contributed by atoms with Crippen molar-refractivity contribution < 1.29 is 4.74 Å². The minimum absolute atomic E-state index is 0.0977. The molecule has 0 aliphatic rings. The Morgan fingerprint density at radius 1 is 1.12 bits per heavy atom. The molecule has 0 aliphatic carbocycles. The second-order valence-electron chi connectivity index (χ2n) is 7.37. The van der Waals surface area contributed by atoms with Gasteiger partial charge in [-0.15, -0.1) is 11.3 Å². The fourth-order valence-electron chi connectivity index (χ4n) is 2.61. The third kappa shape index (κ3) is 3.74. The van der Waals surface area contributed by atoms with Crippen molar-refractivity contribution in [2.75, 3.05) is 12.4 Å². The minimum atomic E-state index is -0.0977. The number of anilines is 1. The molecule has 25 heavy (non-hydrogen) atoms. The molecule has 3 aromatic rings. The van der Waals surface area contributed by atoms with E-state index in [-0.39, 0.29) is 5.41 Å². The number of ether oxygens (including phenoxy) is 1. The summed E-state index contributed by atoms with van der Waals surface area (Å²) in [5, 5.41) is 7.26. The maximum atomic E-state index is 5.36. The lowest BCUT2D eigenvalue weighted by molar-refractivity contribution is 0.415. The van der Waals surface area contributed by atoms with E-state index < -0.39 is 0 Å². The lowest BCUT2D eigenvalue weighted by Crippen LogP contribution is -2.15. The van der Waals surface area contributed by atoms with Gasteiger partial charge in [-0.1, -0.05) is 20.8 Å². The zero-order valence-corrected chi connectivity index (χ0v) is 16.4. The number of fused-ring (bicyclic) bond motifs is 1. The molecule has 0 aliphatic heterocycles. The summed E-state index contributed by atoms with van der Waals surface area (Å²) in [6.07, 6.45) is 0. The first kappa shape index (κ1) is 17.6. The van der Waals surface area contributed by atoms with Crippen LogP contribution in [-0.4, -0.2) is 28.1 Å². The lowest BCUT2D eigenvalue weighted by Gasteiger charge is -2.20. The molecule has 5 nitrogen and oxygen atoms in total. The lowest BCUT2D eigenvalue weighted by atomic mass is 9.89. The van der Waals surface area contributed by atoms with Crippen molar-refractivity contribution in [3.8, 4) is 17.3 Å². The van der Waals surface area contributed by atoms with Crippen molar-refractivity contribution in [2.45, 2.75) is 46.1 Å². The summed E-state index contributed by atoms with van der Waals surface area (Å²) >= 11 is 1.57. The molecule has 0 saturated heterocycles. The number of nitrogens with zero attached hydrogens (tertiary/aromatic N) is 3. The Balaban J connectivity index is 2.16. The number of benzene rings is 1. The van der Waals surface area contributed by atoms with E-state index in [1.54, 1.807) is 18.4 Å². The summed E-state index contributed by atoms with van der Waals surface area (Å²) in [4.78, 5) is 14.2. The van der Waals surface area contributed by atoms with E-state index in [1.807, 2.05) is 23.6 Å². The van der Waals surface area contributed by atoms with Gasteiger partial charge in [0.25, 0.3) is 0 Å². The van der Waals surface area contributed by atoms with Crippen molar-refractivity contribution in [2.24, 2.45) is 0 Å². The highest BCUT2D eigenvalue weighted by atomic mass is 32.1. The number of rotatable bonds is 4. The largest absolute Gasteiger partial charge is 0.497 e. The topological polar surface area (TPSA) is 59.9 Å². The Bertz CT molecular complexity index is 896. The van der Waals surface area contributed by atoms with E-state index in [0.717, 1.165) is 33.2 Å². The van der Waals surface area contributed by atoms with Gasteiger partial charge in [-0.25, -0.2) is 15.0 Å². The van der Waals surface area contributed by atoms with Gasteiger partial charge < -0.3 is 10.1 Å². The standard InChI is InChI=1S/C19H24N4OS/c1-11(2)20-18-22-15(10-25-18)17-21-14-9-12(24-6)7-8-13(14)16(23-17)19(3,4)5/h7-11H,1-6H3,(H,20,22). The van der Waals surface area contributed by atoms with E-state index in [1.165, 1.54) is 0 Å². The van der Waals surface area contributed by atoms with Crippen LogP contribution in [0.4, 0.5) is 5.13 Å². The summed E-state index contributed by atoms with van der Waals surface area (Å²) in [6, 6.07) is 6.28. The highest BCUT2D eigenvalue weighted by molar-refractivity contribution is 7.14. The summed E-state index contributed by atoms with van der Waals surface area (Å²) in [7, 11) is 1.66. The van der Waals surface area contributed by atoms with Crippen LogP contribution in [-0.2, 0) is 5.41 Å². The molecule has 1 aromatic carbocycles. The predicted molar refractivity (Wildman–Crippen MR) is 105 cm³/mol. The summed E-state index contributed by atoms with van der Waals surface area (Å²) < 4.78 is 5.36. The third-order valence-corrected chi connectivity index (χ3v) is 4.53. The molecule has 0 bridgehead atoms. The molecule has 0 unspecified atom stereocenters. The quantitative estimate of drug-likeness (QED) is 0.722. The Morgan fingerprint density at radius 2 is 1.88 bits per heavy atom. The van der Waals surface area contributed by atoms with Gasteiger partial charge in [-0.3, -0.25) is 0 Å². The van der Waals surface area contributed by atoms with Crippen LogP contribution in [0.2, 0.25) is 0 Å². The van der Waals surface area contributed by atoms with Gasteiger partial charge in [0.05, 0.1) is 18.3 Å². The Labute approximate surface area is 152 Å². The number of hydrogen-bond acceptors (Lipinski definition) is 6. The van der Waals surface area contributed by atoms with Crippen LogP contribution < -0.4 is 10.1 Å². The van der Waals surface area contributed by atoms with Gasteiger partial charge in [0.1, 0.15) is 11.4 Å². The average Bonchev–Trinajstić information content (AvgIpc) is 3.00. The van der Waals surface area contributed by atoms with Crippen LogP contribution in [0.25, 0.3) is 22.4 Å². The van der Waals surface area contributed by atoms with Crippen molar-refractivity contribution >= 4 is 27.4 Å². The molecule has 3 rings (SSSR count). The molecule has 2 heterocycles. The predicted octanol–water partition coefficient (Wildman–Crippen LogP) is 4.88. The van der Waals surface area contributed by atoms with Crippen molar-refractivity contribution in [1.29, 1.82) is 0 Å². The van der Waals surface area contributed by atoms with E-state index in [4.69, 9.17) is 14.7 Å². The SMILES string of the molecule is COc1ccc2c(C(C)(C)C)nc(-c3csc(NC(C)C)n3)nc2c1. The Morgan fingerprint density at radius 3 is 2.52 bits per heavy atom. The maximum Gasteiger partial charge on any atom is 0.183 e. The number of methoxy groups -OCH3 is 1. The first-order valence-electron chi connectivity index (χ1n) is 8.36. The monoisotopic (exact) mass is 356 g/mol. The molecule has 0 amide bonds. The molecule has 0 saturated carbocycles. The number of aromatic nitrogens is 3. The number of hydrogen-bond donors (Lipinski definition) is 1. The maximum absolute atomic E-state index is 5.36. The van der Waals surface area contributed by atoms with Gasteiger partial charge in [-0.05, 0) is 26.0 Å². The normalized spacial score (nSPS) is 12.0. The Hall–Kier alpha value is -2.21. The minimum Gasteiger partial charge on any atom is -0.497 e. The molecule has 2 aromatic heterocycles. The molecule has 0 spiro atoms. The Kier molecular flexibility index (Phi) is 4.64. The molecular formula is C19H24N4OS. The average molecular weight is 356 g/mol. The van der Waals surface area contributed by atoms with Gasteiger partial charge in [0.15, 0.2) is 11.0 Å². The highest BCUT2D eigenvalue weighted by Gasteiger charge is 2.22. The van der Waals surface area contributed by atoms with E-state index in [2.05, 4.69) is 44.9 Å². The zero-order chi connectivity index (χ0) is 18.2. The van der Waals surface area contributed by atoms with Crippen LogP contribution in [0.5, 0.6) is 5.75 Å². The number of thiazole rings is 1. The van der Waals surface area contributed by atoms with Crippen LogP contribution in [0.3, 0.4) is 0 Å². The fraction of sp³-hybridized carbons (Fsp3) is 0.421. The summed E-state index contributed by atoms with van der Waals surface area (Å²) in [5.74, 6) is 1.44. The van der Waals surface area contributed by atoms with E-state index in [9.17, 15) is 0 Å². The molecule has 0 fully saturated rings. The van der Waals surface area contributed by atoms with Crippen LogP contribution in [0.1, 0.15) is 40.3 Å². The summed E-state index contributed by atoms with van der Waals surface area (Å²) in [5.41, 5.74) is 2.59. The molecule has 1 N–H and O–H groups in total. The van der Waals surface area contributed by atoms with Gasteiger partial charge in [0.2, 0.25) is 0 Å². The molecular weight excluding hydrogens is 332 g/mol. The second kappa shape index (κ2) is 6.59. The van der Waals surface area contributed by atoms with Gasteiger partial charge in [0, 0.05) is 28.3 Å². The smallest absolute Gasteiger partial charge is 0.183 e. The zero-order valence-electron chi connectivity index (χ0n) is 15.5. The third-order valence-electron chi connectivity index (χ3n) is 3.76. The van der Waals surface area contributed by atoms with E-state index >= 15 is 0 Å². The van der Waals surface area contributed by atoms with Gasteiger partial charge in [-0.2, -0.15) is 0 Å². The summed E-state index contributed by atoms with van der Waals surface area (Å²) in [6.45, 7) is 10.7. The van der Waals surface area contributed by atoms with Crippen molar-refractivity contribution in [1.82, 2.24) is 15.0 Å². The van der Waals surface area contributed by atoms with Crippen molar-refractivity contribution in [3.05, 3.63) is 29.3 Å². The first-order valence-corrected chi connectivity index (χ1v) is 9.24. The first-order chi connectivity index (χ1) is 11.8. The van der Waals surface area contributed by atoms with Crippen molar-refractivity contribution in [3.63, 3.8) is 0 Å².